The van der Waals surface area contributed by atoms with Gasteiger partial charge in [0.15, 0.2) is 0 Å². The first-order valence-corrected chi connectivity index (χ1v) is 5.53. The van der Waals surface area contributed by atoms with Crippen LogP contribution in [0.4, 0.5) is 0 Å². The molecule has 0 unspecified atom stereocenters. The number of esters is 2. The molecule has 94 valence electrons. The van der Waals surface area contributed by atoms with Crippen LogP contribution in [0, 0.1) is 11.8 Å². The lowest BCUT2D eigenvalue weighted by Crippen LogP contribution is -2.48. The summed E-state index contributed by atoms with van der Waals surface area (Å²) in [5.74, 6) is -2.16. The standard InChI is InChI=1S/C11H14O6/c1-11-5(10(13)15-3)4(9(12)14-2)6(17-11)7-8(11)16-7/h4-8H,1-3H3/t4-,5-,6+,7+,8+,11+/m0/s1. The maximum atomic E-state index is 11.8. The molecule has 6 nitrogen and oxygen atoms in total. The Balaban J connectivity index is 1.97. The maximum Gasteiger partial charge on any atom is 0.312 e. The molecule has 0 spiro atoms. The molecule has 3 aliphatic heterocycles. The molecule has 6 atom stereocenters. The highest BCUT2D eigenvalue weighted by Crippen LogP contribution is 2.60. The van der Waals surface area contributed by atoms with E-state index in [1.165, 1.54) is 14.2 Å². The van der Waals surface area contributed by atoms with Crippen LogP contribution < -0.4 is 0 Å². The van der Waals surface area contributed by atoms with Crippen molar-refractivity contribution in [3.63, 3.8) is 0 Å². The second-order valence-electron chi connectivity index (χ2n) is 4.84. The van der Waals surface area contributed by atoms with Gasteiger partial charge in [0.25, 0.3) is 0 Å². The van der Waals surface area contributed by atoms with Crippen molar-refractivity contribution in [3.05, 3.63) is 0 Å². The Hall–Kier alpha value is -1.14. The first-order chi connectivity index (χ1) is 8.04. The number of hydrogen-bond donors (Lipinski definition) is 0. The van der Waals surface area contributed by atoms with Crippen LogP contribution in [0.2, 0.25) is 0 Å². The van der Waals surface area contributed by atoms with E-state index in [1.54, 1.807) is 6.92 Å². The van der Waals surface area contributed by atoms with Gasteiger partial charge < -0.3 is 18.9 Å². The summed E-state index contributed by atoms with van der Waals surface area (Å²) in [6, 6.07) is 0. The highest BCUT2D eigenvalue weighted by atomic mass is 16.7. The Bertz CT molecular complexity index is 393. The molecule has 3 fully saturated rings. The minimum atomic E-state index is -0.763. The summed E-state index contributed by atoms with van der Waals surface area (Å²) in [6.45, 7) is 1.79. The zero-order valence-electron chi connectivity index (χ0n) is 9.84. The van der Waals surface area contributed by atoms with E-state index in [4.69, 9.17) is 18.9 Å². The summed E-state index contributed by atoms with van der Waals surface area (Å²) in [4.78, 5) is 23.6. The summed E-state index contributed by atoms with van der Waals surface area (Å²) >= 11 is 0. The van der Waals surface area contributed by atoms with Crippen molar-refractivity contribution in [2.45, 2.75) is 30.8 Å². The molecule has 0 aromatic heterocycles. The average molecular weight is 242 g/mol. The van der Waals surface area contributed by atoms with Gasteiger partial charge in [-0.25, -0.2) is 0 Å². The molecule has 3 aliphatic rings. The van der Waals surface area contributed by atoms with E-state index in [2.05, 4.69) is 0 Å². The highest BCUT2D eigenvalue weighted by Gasteiger charge is 2.78. The molecule has 0 aromatic carbocycles. The third-order valence-corrected chi connectivity index (χ3v) is 4.06. The molecular weight excluding hydrogens is 228 g/mol. The first-order valence-electron chi connectivity index (χ1n) is 5.53. The third kappa shape index (κ3) is 1.17. The third-order valence-electron chi connectivity index (χ3n) is 4.06. The van der Waals surface area contributed by atoms with Crippen molar-refractivity contribution in [2.24, 2.45) is 11.8 Å². The number of hydrogen-bond acceptors (Lipinski definition) is 6. The summed E-state index contributed by atoms with van der Waals surface area (Å²) in [5, 5.41) is 0. The van der Waals surface area contributed by atoms with Crippen molar-refractivity contribution in [1.82, 2.24) is 0 Å². The molecule has 0 amide bonds. The molecule has 0 radical (unpaired) electrons. The summed E-state index contributed by atoms with van der Waals surface area (Å²) < 4.78 is 20.7. The summed E-state index contributed by atoms with van der Waals surface area (Å²) in [6.07, 6.45) is -0.566. The molecule has 0 saturated carbocycles. The van der Waals surface area contributed by atoms with Crippen LogP contribution in [0.15, 0.2) is 0 Å². The van der Waals surface area contributed by atoms with Gasteiger partial charge in [0.1, 0.15) is 35.7 Å². The molecule has 2 bridgehead atoms. The van der Waals surface area contributed by atoms with Gasteiger partial charge >= 0.3 is 11.9 Å². The van der Waals surface area contributed by atoms with E-state index in [0.717, 1.165) is 0 Å². The Morgan fingerprint density at radius 3 is 2.35 bits per heavy atom. The average Bonchev–Trinajstić information content (AvgIpc) is 3.02. The normalized spacial score (nSPS) is 49.7. The van der Waals surface area contributed by atoms with Crippen molar-refractivity contribution < 1.29 is 28.5 Å². The van der Waals surface area contributed by atoms with Gasteiger partial charge in [0, 0.05) is 0 Å². The van der Waals surface area contributed by atoms with E-state index < -0.39 is 29.4 Å². The van der Waals surface area contributed by atoms with Gasteiger partial charge in [0.05, 0.1) is 14.2 Å². The van der Waals surface area contributed by atoms with E-state index >= 15 is 0 Å². The van der Waals surface area contributed by atoms with Crippen molar-refractivity contribution >= 4 is 11.9 Å². The second-order valence-corrected chi connectivity index (χ2v) is 4.84. The fourth-order valence-electron chi connectivity index (χ4n) is 3.25. The molecule has 6 heteroatoms. The number of rotatable bonds is 2. The van der Waals surface area contributed by atoms with Crippen LogP contribution >= 0.6 is 0 Å². The van der Waals surface area contributed by atoms with Gasteiger partial charge in [-0.1, -0.05) is 0 Å². The van der Waals surface area contributed by atoms with Gasteiger partial charge in [0.2, 0.25) is 0 Å². The molecule has 3 saturated heterocycles. The Morgan fingerprint density at radius 1 is 1.12 bits per heavy atom. The molecule has 17 heavy (non-hydrogen) atoms. The van der Waals surface area contributed by atoms with E-state index in [0.29, 0.717) is 0 Å². The zero-order valence-corrected chi connectivity index (χ0v) is 9.84. The predicted octanol–water partition coefficient (Wildman–Crippen LogP) is -0.497. The van der Waals surface area contributed by atoms with Crippen LogP contribution in [0.1, 0.15) is 6.92 Å². The van der Waals surface area contributed by atoms with Gasteiger partial charge in [-0.15, -0.1) is 0 Å². The smallest absolute Gasteiger partial charge is 0.312 e. The lowest BCUT2D eigenvalue weighted by atomic mass is 9.72. The predicted molar refractivity (Wildman–Crippen MR) is 53.0 cm³/mol. The SMILES string of the molecule is COC(=O)[C@@H]1[C@H]2O[C@@](C)([C@@H]3O[C@H]23)[C@@H]1C(=O)OC. The number of fused-ring (bicyclic) bond motifs is 5. The second kappa shape index (κ2) is 3.20. The summed E-state index contributed by atoms with van der Waals surface area (Å²) in [5.41, 5.74) is -0.763. The quantitative estimate of drug-likeness (QED) is 0.480. The molecular formula is C11H14O6. The van der Waals surface area contributed by atoms with Crippen LogP contribution in [0.5, 0.6) is 0 Å². The minimum absolute atomic E-state index is 0.0787. The molecule has 0 aliphatic carbocycles. The van der Waals surface area contributed by atoms with E-state index in [9.17, 15) is 9.59 Å². The van der Waals surface area contributed by atoms with Gasteiger partial charge in [-0.2, -0.15) is 0 Å². The maximum absolute atomic E-state index is 11.8. The van der Waals surface area contributed by atoms with E-state index in [1.807, 2.05) is 0 Å². The Morgan fingerprint density at radius 2 is 1.76 bits per heavy atom. The lowest BCUT2D eigenvalue weighted by Gasteiger charge is -2.28. The van der Waals surface area contributed by atoms with Gasteiger partial charge in [-0.05, 0) is 6.92 Å². The van der Waals surface area contributed by atoms with Crippen molar-refractivity contribution in [1.29, 1.82) is 0 Å². The Kier molecular flexibility index (Phi) is 2.07. The molecule has 3 rings (SSSR count). The lowest BCUT2D eigenvalue weighted by molar-refractivity contribution is -0.159. The molecule has 0 N–H and O–H groups in total. The number of carbonyl (C=O) groups excluding carboxylic acids is 2. The molecule has 0 aromatic rings. The van der Waals surface area contributed by atoms with Crippen LogP contribution in [-0.4, -0.2) is 50.1 Å². The van der Waals surface area contributed by atoms with Crippen molar-refractivity contribution in [3.8, 4) is 0 Å². The largest absolute Gasteiger partial charge is 0.469 e. The fourth-order valence-corrected chi connectivity index (χ4v) is 3.25. The number of methoxy groups -OCH3 is 2. The first kappa shape index (κ1) is 11.0. The monoisotopic (exact) mass is 242 g/mol. The number of carbonyl (C=O) groups is 2. The topological polar surface area (TPSA) is 74.4 Å². The Labute approximate surface area is 98.1 Å². The van der Waals surface area contributed by atoms with Gasteiger partial charge in [-0.3, -0.25) is 9.59 Å². The highest BCUT2D eigenvalue weighted by molar-refractivity contribution is 5.85. The molecule has 3 heterocycles. The van der Waals surface area contributed by atoms with Crippen LogP contribution in [0.25, 0.3) is 0 Å². The van der Waals surface area contributed by atoms with Crippen LogP contribution in [0.3, 0.4) is 0 Å². The van der Waals surface area contributed by atoms with Crippen molar-refractivity contribution in [2.75, 3.05) is 14.2 Å². The fraction of sp³-hybridized carbons (Fsp3) is 0.818. The minimum Gasteiger partial charge on any atom is -0.469 e. The zero-order chi connectivity index (χ0) is 12.4. The number of epoxide rings is 1. The summed E-state index contributed by atoms with van der Waals surface area (Å²) in [7, 11) is 2.60. The van der Waals surface area contributed by atoms with Crippen LogP contribution in [-0.2, 0) is 28.5 Å². The number of ether oxygens (including phenoxy) is 4. The van der Waals surface area contributed by atoms with E-state index in [-0.39, 0.29) is 18.3 Å².